The Kier molecular flexibility index (Phi) is 20.2. The van der Waals surface area contributed by atoms with Crippen LogP contribution in [0.25, 0.3) is 0 Å². The lowest BCUT2D eigenvalue weighted by atomic mass is 9.87. The summed E-state index contributed by atoms with van der Waals surface area (Å²) in [6.07, 6.45) is 0. The minimum absolute atomic E-state index is 0. The Labute approximate surface area is 190 Å². The van der Waals surface area contributed by atoms with E-state index in [0.29, 0.717) is 0 Å². The number of nitrogens with zero attached hydrogens (tertiary/aromatic N) is 1. The van der Waals surface area contributed by atoms with Crippen molar-refractivity contribution in [1.82, 2.24) is 20.9 Å². The van der Waals surface area contributed by atoms with Crippen molar-refractivity contribution in [3.63, 3.8) is 0 Å². The van der Waals surface area contributed by atoms with Gasteiger partial charge < -0.3 is 16.0 Å². The van der Waals surface area contributed by atoms with Crippen LogP contribution >= 0.6 is 49.6 Å². The molecule has 0 aromatic heterocycles. The second kappa shape index (κ2) is 17.1. The molecule has 3 N–H and O–H groups in total. The van der Waals surface area contributed by atoms with Gasteiger partial charge in [0.1, 0.15) is 0 Å². The van der Waals surface area contributed by atoms with E-state index in [2.05, 4.69) is 65.9 Å². The van der Waals surface area contributed by atoms with Gasteiger partial charge in [-0.2, -0.15) is 0 Å². The predicted octanol–water partition coefficient (Wildman–Crippen LogP) is 3.26. The molecule has 1 aliphatic rings. The van der Waals surface area contributed by atoms with E-state index in [0.717, 1.165) is 58.9 Å². The fourth-order valence-electron chi connectivity index (χ4n) is 2.84. The summed E-state index contributed by atoms with van der Waals surface area (Å²) in [5.41, 5.74) is 3.05. The van der Waals surface area contributed by atoms with Gasteiger partial charge in [-0.1, -0.05) is 45.0 Å². The Bertz CT molecular complexity index is 440. The molecular weight excluding hydrogens is 426 g/mol. The van der Waals surface area contributed by atoms with E-state index in [1.54, 1.807) is 0 Å². The normalized spacial score (nSPS) is 16.9. The molecule has 1 aliphatic heterocycles. The molecular formula is C19H38Cl4N4. The number of halogens is 4. The molecule has 162 valence electrons. The summed E-state index contributed by atoms with van der Waals surface area (Å²) in [4.78, 5) is 2.54. The van der Waals surface area contributed by atoms with Crippen LogP contribution < -0.4 is 16.0 Å². The molecule has 1 saturated heterocycles. The highest BCUT2D eigenvalue weighted by Gasteiger charge is 2.13. The summed E-state index contributed by atoms with van der Waals surface area (Å²) in [7, 11) is 0. The summed E-state index contributed by atoms with van der Waals surface area (Å²) in [5.74, 6) is 0. The lowest BCUT2D eigenvalue weighted by molar-refractivity contribution is 0.263. The van der Waals surface area contributed by atoms with Gasteiger partial charge in [-0.15, -0.1) is 49.6 Å². The van der Waals surface area contributed by atoms with Crippen LogP contribution in [0.2, 0.25) is 0 Å². The minimum Gasteiger partial charge on any atom is -0.314 e. The zero-order chi connectivity index (χ0) is 16.5. The lowest BCUT2D eigenvalue weighted by Crippen LogP contribution is -2.41. The maximum Gasteiger partial charge on any atom is 0.0234 e. The first kappa shape index (κ1) is 31.9. The van der Waals surface area contributed by atoms with E-state index < -0.39 is 0 Å². The zero-order valence-electron chi connectivity index (χ0n) is 16.8. The van der Waals surface area contributed by atoms with Crippen LogP contribution in [0.1, 0.15) is 31.9 Å². The first-order valence-electron chi connectivity index (χ1n) is 8.99. The molecule has 0 atom stereocenters. The van der Waals surface area contributed by atoms with E-state index in [1.807, 2.05) is 0 Å². The number of hydrogen-bond donors (Lipinski definition) is 3. The number of nitrogens with one attached hydrogen (secondary N) is 3. The monoisotopic (exact) mass is 462 g/mol. The van der Waals surface area contributed by atoms with Crippen molar-refractivity contribution >= 4 is 49.6 Å². The third kappa shape index (κ3) is 13.1. The Morgan fingerprint density at radius 3 is 1.52 bits per heavy atom. The zero-order valence-corrected chi connectivity index (χ0v) is 20.0. The molecule has 1 aromatic carbocycles. The number of hydrogen-bond acceptors (Lipinski definition) is 4. The van der Waals surface area contributed by atoms with Gasteiger partial charge in [0, 0.05) is 58.9 Å². The Morgan fingerprint density at radius 2 is 1.11 bits per heavy atom. The van der Waals surface area contributed by atoms with Gasteiger partial charge in [0.05, 0.1) is 0 Å². The lowest BCUT2D eigenvalue weighted by Gasteiger charge is -2.24. The number of rotatable bonds is 2. The molecule has 0 aliphatic carbocycles. The maximum absolute atomic E-state index is 3.52. The average Bonchev–Trinajstić information content (AvgIpc) is 2.49. The van der Waals surface area contributed by atoms with Gasteiger partial charge in [-0.25, -0.2) is 0 Å². The van der Waals surface area contributed by atoms with Crippen LogP contribution in [0, 0.1) is 0 Å². The molecule has 1 fully saturated rings. The molecule has 1 aromatic rings. The molecule has 0 unspecified atom stereocenters. The molecule has 0 bridgehead atoms. The predicted molar refractivity (Wildman–Crippen MR) is 128 cm³/mol. The molecule has 0 saturated carbocycles. The van der Waals surface area contributed by atoms with Crippen LogP contribution in [0.5, 0.6) is 0 Å². The Hall–Kier alpha value is 0.220. The Morgan fingerprint density at radius 1 is 0.704 bits per heavy atom. The standard InChI is InChI=1S/C19H34N4.4ClH/c1-19(2,3)18-6-4-17(5-7-18)16-23-14-12-21-10-8-20-9-11-22-13-15-23;;;;/h4-7,20-22H,8-16H2,1-3H3;4*1H. The van der Waals surface area contributed by atoms with Crippen LogP contribution in [0.4, 0.5) is 0 Å². The molecule has 2 rings (SSSR count). The van der Waals surface area contributed by atoms with Gasteiger partial charge in [-0.05, 0) is 16.5 Å². The number of benzene rings is 1. The van der Waals surface area contributed by atoms with Crippen molar-refractivity contribution in [3.8, 4) is 0 Å². The van der Waals surface area contributed by atoms with Crippen molar-refractivity contribution in [2.45, 2.75) is 32.7 Å². The fourth-order valence-corrected chi connectivity index (χ4v) is 2.84. The molecule has 27 heavy (non-hydrogen) atoms. The van der Waals surface area contributed by atoms with Crippen LogP contribution in [0.3, 0.4) is 0 Å². The van der Waals surface area contributed by atoms with E-state index in [4.69, 9.17) is 0 Å². The van der Waals surface area contributed by atoms with E-state index in [9.17, 15) is 0 Å². The minimum atomic E-state index is 0. The van der Waals surface area contributed by atoms with Gasteiger partial charge in [0.15, 0.2) is 0 Å². The summed E-state index contributed by atoms with van der Waals surface area (Å²) in [5, 5.41) is 10.5. The first-order chi connectivity index (χ1) is 11.1. The fraction of sp³-hybridized carbons (Fsp3) is 0.684. The smallest absolute Gasteiger partial charge is 0.0234 e. The van der Waals surface area contributed by atoms with Gasteiger partial charge >= 0.3 is 0 Å². The van der Waals surface area contributed by atoms with Crippen LogP contribution in [-0.2, 0) is 12.0 Å². The van der Waals surface area contributed by atoms with Crippen molar-refractivity contribution in [2.75, 3.05) is 52.4 Å². The molecule has 1 heterocycles. The quantitative estimate of drug-likeness (QED) is 0.629. The Balaban J connectivity index is -0.00000144. The highest BCUT2D eigenvalue weighted by Crippen LogP contribution is 2.22. The highest BCUT2D eigenvalue weighted by atomic mass is 35.5. The van der Waals surface area contributed by atoms with Gasteiger partial charge in [-0.3, -0.25) is 4.90 Å². The van der Waals surface area contributed by atoms with E-state index in [-0.39, 0.29) is 55.0 Å². The van der Waals surface area contributed by atoms with Gasteiger partial charge in [0.2, 0.25) is 0 Å². The second-order valence-electron chi connectivity index (χ2n) is 7.47. The van der Waals surface area contributed by atoms with Crippen LogP contribution in [-0.4, -0.2) is 57.3 Å². The molecule has 0 radical (unpaired) electrons. The summed E-state index contributed by atoms with van der Waals surface area (Å²) < 4.78 is 0. The second-order valence-corrected chi connectivity index (χ2v) is 7.47. The van der Waals surface area contributed by atoms with Crippen molar-refractivity contribution in [2.24, 2.45) is 0 Å². The van der Waals surface area contributed by atoms with E-state index in [1.165, 1.54) is 11.1 Å². The van der Waals surface area contributed by atoms with Crippen molar-refractivity contribution < 1.29 is 0 Å². The SMILES string of the molecule is CC(C)(C)c1ccc(CN2CCNCCNCCNCC2)cc1.Cl.Cl.Cl.Cl. The average molecular weight is 464 g/mol. The third-order valence-electron chi connectivity index (χ3n) is 4.39. The summed E-state index contributed by atoms with van der Waals surface area (Å²) >= 11 is 0. The molecule has 0 amide bonds. The van der Waals surface area contributed by atoms with Gasteiger partial charge in [0.25, 0.3) is 0 Å². The molecule has 8 heteroatoms. The topological polar surface area (TPSA) is 39.3 Å². The largest absolute Gasteiger partial charge is 0.314 e. The van der Waals surface area contributed by atoms with E-state index >= 15 is 0 Å². The molecule has 4 nitrogen and oxygen atoms in total. The third-order valence-corrected chi connectivity index (χ3v) is 4.39. The summed E-state index contributed by atoms with van der Waals surface area (Å²) in [6.45, 7) is 16.4. The highest BCUT2D eigenvalue weighted by molar-refractivity contribution is 5.86. The molecule has 0 spiro atoms. The summed E-state index contributed by atoms with van der Waals surface area (Å²) in [6, 6.07) is 9.16. The maximum atomic E-state index is 3.52. The van der Waals surface area contributed by atoms with Crippen molar-refractivity contribution in [1.29, 1.82) is 0 Å². The van der Waals surface area contributed by atoms with Crippen molar-refractivity contribution in [3.05, 3.63) is 35.4 Å². The first-order valence-corrected chi connectivity index (χ1v) is 8.99. The van der Waals surface area contributed by atoms with Crippen LogP contribution in [0.15, 0.2) is 24.3 Å².